The van der Waals surface area contributed by atoms with Gasteiger partial charge in [0.25, 0.3) is 0 Å². The Bertz CT molecular complexity index is 329. The average molecular weight is 208 g/mol. The number of benzene rings is 1. The van der Waals surface area contributed by atoms with Crippen molar-refractivity contribution in [1.82, 2.24) is 0 Å². The summed E-state index contributed by atoms with van der Waals surface area (Å²) in [7, 11) is 0. The number of carboxylic acid groups (broad SMARTS) is 1. The third-order valence-corrected chi connectivity index (χ3v) is 1.69. The van der Waals surface area contributed by atoms with Gasteiger partial charge in [0.15, 0.2) is 0 Å². The second-order valence-corrected chi connectivity index (χ2v) is 2.72. The Morgan fingerprint density at radius 3 is 2.53 bits per heavy atom. The molecule has 0 saturated carbocycles. The Kier molecular flexibility index (Phi) is 4.22. The number of aromatic carboxylic acids is 1. The van der Waals surface area contributed by atoms with Gasteiger partial charge >= 0.3 is 5.97 Å². The van der Waals surface area contributed by atoms with Crippen LogP contribution in [0.4, 0.5) is 0 Å². The van der Waals surface area contributed by atoms with Crippen molar-refractivity contribution in [1.29, 1.82) is 0 Å². The summed E-state index contributed by atoms with van der Waals surface area (Å²) < 4.78 is 10.1. The molecular weight excluding hydrogens is 196 g/mol. The molecule has 0 atom stereocenters. The molecular formula is C11H12O4. The van der Waals surface area contributed by atoms with Crippen molar-refractivity contribution in [3.8, 4) is 5.75 Å². The van der Waals surface area contributed by atoms with Crippen LogP contribution < -0.4 is 4.74 Å². The molecule has 0 saturated heterocycles. The summed E-state index contributed by atoms with van der Waals surface area (Å²) >= 11 is 0. The molecule has 0 unspecified atom stereocenters. The lowest BCUT2D eigenvalue weighted by molar-refractivity contribution is 0.0697. The lowest BCUT2D eigenvalue weighted by atomic mass is 10.2. The fraction of sp³-hybridized carbons (Fsp3) is 0.182. The molecule has 0 bridgehead atoms. The summed E-state index contributed by atoms with van der Waals surface area (Å²) in [5.41, 5.74) is 0.240. The maximum atomic E-state index is 10.5. The van der Waals surface area contributed by atoms with Gasteiger partial charge in [-0.05, 0) is 24.3 Å². The number of rotatable bonds is 6. The van der Waals surface area contributed by atoms with E-state index in [0.29, 0.717) is 19.0 Å². The Labute approximate surface area is 87.7 Å². The Balaban J connectivity index is 2.42. The summed E-state index contributed by atoms with van der Waals surface area (Å²) in [6.07, 6.45) is 1.34. The highest BCUT2D eigenvalue weighted by Crippen LogP contribution is 2.11. The molecule has 1 rings (SSSR count). The molecule has 0 fully saturated rings. The molecule has 0 aliphatic rings. The van der Waals surface area contributed by atoms with Crippen LogP contribution in [0.25, 0.3) is 0 Å². The SMILES string of the molecule is C=COCCOc1ccc(C(=O)O)cc1. The quantitative estimate of drug-likeness (QED) is 0.573. The number of hydrogen-bond donors (Lipinski definition) is 1. The van der Waals surface area contributed by atoms with Gasteiger partial charge in [-0.3, -0.25) is 0 Å². The van der Waals surface area contributed by atoms with E-state index in [1.165, 1.54) is 18.4 Å². The molecule has 1 N–H and O–H groups in total. The van der Waals surface area contributed by atoms with Crippen LogP contribution in [0.3, 0.4) is 0 Å². The maximum Gasteiger partial charge on any atom is 0.335 e. The van der Waals surface area contributed by atoms with Crippen molar-refractivity contribution >= 4 is 5.97 Å². The van der Waals surface area contributed by atoms with Gasteiger partial charge in [-0.2, -0.15) is 0 Å². The van der Waals surface area contributed by atoms with Crippen LogP contribution in [-0.4, -0.2) is 24.3 Å². The van der Waals surface area contributed by atoms with Gasteiger partial charge in [0, 0.05) is 0 Å². The zero-order valence-corrected chi connectivity index (χ0v) is 8.18. The molecule has 0 heterocycles. The number of carboxylic acids is 1. The van der Waals surface area contributed by atoms with E-state index in [9.17, 15) is 4.79 Å². The largest absolute Gasteiger partial charge is 0.498 e. The molecule has 0 aliphatic heterocycles. The van der Waals surface area contributed by atoms with Crippen molar-refractivity contribution < 1.29 is 19.4 Å². The first kappa shape index (κ1) is 11.1. The average Bonchev–Trinajstić information content (AvgIpc) is 2.25. The summed E-state index contributed by atoms with van der Waals surface area (Å²) in [6, 6.07) is 6.20. The van der Waals surface area contributed by atoms with E-state index < -0.39 is 5.97 Å². The third-order valence-electron chi connectivity index (χ3n) is 1.69. The van der Waals surface area contributed by atoms with Crippen molar-refractivity contribution in [2.24, 2.45) is 0 Å². The molecule has 0 radical (unpaired) electrons. The predicted octanol–water partition coefficient (Wildman–Crippen LogP) is 1.92. The van der Waals surface area contributed by atoms with Crippen molar-refractivity contribution in [3.63, 3.8) is 0 Å². The van der Waals surface area contributed by atoms with Gasteiger partial charge < -0.3 is 14.6 Å². The first-order valence-electron chi connectivity index (χ1n) is 4.42. The second kappa shape index (κ2) is 5.70. The second-order valence-electron chi connectivity index (χ2n) is 2.72. The van der Waals surface area contributed by atoms with Gasteiger partial charge in [0.1, 0.15) is 19.0 Å². The Morgan fingerprint density at radius 2 is 2.00 bits per heavy atom. The lowest BCUT2D eigenvalue weighted by Crippen LogP contribution is -2.04. The van der Waals surface area contributed by atoms with Crippen molar-refractivity contribution in [3.05, 3.63) is 42.7 Å². The molecule has 0 amide bonds. The predicted molar refractivity (Wildman–Crippen MR) is 55.0 cm³/mol. The molecule has 4 nitrogen and oxygen atoms in total. The minimum atomic E-state index is -0.948. The molecule has 1 aromatic carbocycles. The van der Waals surface area contributed by atoms with Crippen molar-refractivity contribution in [2.75, 3.05) is 13.2 Å². The fourth-order valence-electron chi connectivity index (χ4n) is 0.985. The first-order valence-corrected chi connectivity index (χ1v) is 4.42. The summed E-state index contributed by atoms with van der Waals surface area (Å²) in [5, 5.41) is 8.65. The van der Waals surface area contributed by atoms with Crippen LogP contribution in [0.1, 0.15) is 10.4 Å². The molecule has 4 heteroatoms. The van der Waals surface area contributed by atoms with Crippen LogP contribution in [0.2, 0.25) is 0 Å². The molecule has 0 aromatic heterocycles. The molecule has 1 aromatic rings. The van der Waals surface area contributed by atoms with E-state index >= 15 is 0 Å². The lowest BCUT2D eigenvalue weighted by Gasteiger charge is -2.05. The smallest absolute Gasteiger partial charge is 0.335 e. The fourth-order valence-corrected chi connectivity index (χ4v) is 0.985. The van der Waals surface area contributed by atoms with Crippen LogP contribution in [0.15, 0.2) is 37.1 Å². The highest BCUT2D eigenvalue weighted by atomic mass is 16.5. The molecule has 0 aliphatic carbocycles. The standard InChI is InChI=1S/C11H12O4/c1-2-14-7-8-15-10-5-3-9(4-6-10)11(12)13/h2-6H,1,7-8H2,(H,12,13). The van der Waals surface area contributed by atoms with Crippen molar-refractivity contribution in [2.45, 2.75) is 0 Å². The summed E-state index contributed by atoms with van der Waals surface area (Å²) in [5.74, 6) is -0.329. The number of ether oxygens (including phenoxy) is 2. The van der Waals surface area contributed by atoms with E-state index in [1.54, 1.807) is 12.1 Å². The maximum absolute atomic E-state index is 10.5. The Morgan fingerprint density at radius 1 is 1.33 bits per heavy atom. The Hall–Kier alpha value is -1.97. The number of hydrogen-bond acceptors (Lipinski definition) is 3. The first-order chi connectivity index (χ1) is 7.24. The third kappa shape index (κ3) is 3.72. The van der Waals surface area contributed by atoms with Crippen LogP contribution in [0.5, 0.6) is 5.75 Å². The van der Waals surface area contributed by atoms with Crippen LogP contribution in [-0.2, 0) is 4.74 Å². The monoisotopic (exact) mass is 208 g/mol. The minimum absolute atomic E-state index is 0.240. The van der Waals surface area contributed by atoms with Gasteiger partial charge in [0.05, 0.1) is 11.8 Å². The normalized spacial score (nSPS) is 9.33. The summed E-state index contributed by atoms with van der Waals surface area (Å²) in [4.78, 5) is 10.5. The zero-order valence-electron chi connectivity index (χ0n) is 8.18. The van der Waals surface area contributed by atoms with Crippen LogP contribution >= 0.6 is 0 Å². The van der Waals surface area contributed by atoms with Gasteiger partial charge in [-0.1, -0.05) is 6.58 Å². The molecule has 0 spiro atoms. The topological polar surface area (TPSA) is 55.8 Å². The van der Waals surface area contributed by atoms with E-state index in [2.05, 4.69) is 6.58 Å². The van der Waals surface area contributed by atoms with E-state index in [0.717, 1.165) is 0 Å². The van der Waals surface area contributed by atoms with Gasteiger partial charge in [-0.15, -0.1) is 0 Å². The van der Waals surface area contributed by atoms with E-state index in [1.807, 2.05) is 0 Å². The zero-order chi connectivity index (χ0) is 11.1. The van der Waals surface area contributed by atoms with Gasteiger partial charge in [-0.25, -0.2) is 4.79 Å². The van der Waals surface area contributed by atoms with E-state index in [-0.39, 0.29) is 5.56 Å². The number of carbonyl (C=O) groups is 1. The van der Waals surface area contributed by atoms with Crippen LogP contribution in [0, 0.1) is 0 Å². The summed E-state index contributed by atoms with van der Waals surface area (Å²) in [6.45, 7) is 4.22. The molecule has 15 heavy (non-hydrogen) atoms. The highest BCUT2D eigenvalue weighted by Gasteiger charge is 2.01. The molecule has 80 valence electrons. The van der Waals surface area contributed by atoms with Gasteiger partial charge in [0.2, 0.25) is 0 Å². The highest BCUT2D eigenvalue weighted by molar-refractivity contribution is 5.87. The van der Waals surface area contributed by atoms with E-state index in [4.69, 9.17) is 14.6 Å². The minimum Gasteiger partial charge on any atom is -0.498 e.